The summed E-state index contributed by atoms with van der Waals surface area (Å²) in [6.45, 7) is 3.61. The minimum atomic E-state index is 0.113. The zero-order valence-electron chi connectivity index (χ0n) is 9.53. The van der Waals surface area contributed by atoms with E-state index in [0.717, 1.165) is 22.3 Å². The molecule has 0 spiro atoms. The van der Waals surface area contributed by atoms with Gasteiger partial charge in [0.05, 0.1) is 0 Å². The molecule has 16 heavy (non-hydrogen) atoms. The van der Waals surface area contributed by atoms with Crippen molar-refractivity contribution in [3.63, 3.8) is 0 Å². The molecule has 1 nitrogen and oxygen atoms in total. The van der Waals surface area contributed by atoms with Crippen molar-refractivity contribution in [1.29, 1.82) is 0 Å². The minimum Gasteiger partial charge on any atom is -0.294 e. The maximum Gasteiger partial charge on any atom is 0.160 e. The summed E-state index contributed by atoms with van der Waals surface area (Å²) in [7, 11) is 0. The number of carbonyl (C=O) groups is 1. The summed E-state index contributed by atoms with van der Waals surface area (Å²) in [6.07, 6.45) is 0. The van der Waals surface area contributed by atoms with Gasteiger partial charge in [0.15, 0.2) is 5.78 Å². The van der Waals surface area contributed by atoms with Gasteiger partial charge in [-0.05, 0) is 31.0 Å². The molecule has 0 radical (unpaired) electrons. The van der Waals surface area contributed by atoms with Crippen LogP contribution < -0.4 is 0 Å². The Balaban J connectivity index is 2.61. The molecule has 0 N–H and O–H groups in total. The molecule has 0 unspecified atom stereocenters. The Bertz CT molecular complexity index is 512. The second-order valence-corrected chi connectivity index (χ2v) is 3.97. The van der Waals surface area contributed by atoms with Crippen LogP contribution >= 0.6 is 0 Å². The maximum absolute atomic E-state index is 11.6. The van der Waals surface area contributed by atoms with Gasteiger partial charge in [0.1, 0.15) is 0 Å². The highest BCUT2D eigenvalue weighted by atomic mass is 16.1. The molecule has 0 atom stereocenters. The summed E-state index contributed by atoms with van der Waals surface area (Å²) >= 11 is 0. The van der Waals surface area contributed by atoms with E-state index in [0.29, 0.717) is 0 Å². The van der Waals surface area contributed by atoms with E-state index in [2.05, 4.69) is 0 Å². The lowest BCUT2D eigenvalue weighted by atomic mass is 9.96. The third-order valence-electron chi connectivity index (χ3n) is 2.64. The normalized spacial score (nSPS) is 10.1. The molecule has 1 heteroatoms. The summed E-state index contributed by atoms with van der Waals surface area (Å²) in [6, 6.07) is 16.0. The quantitative estimate of drug-likeness (QED) is 0.688. The van der Waals surface area contributed by atoms with Crippen LogP contribution in [-0.4, -0.2) is 5.78 Å². The average molecular weight is 210 g/mol. The first-order valence-electron chi connectivity index (χ1n) is 5.35. The Hall–Kier alpha value is -1.89. The van der Waals surface area contributed by atoms with Crippen LogP contribution in [0, 0.1) is 6.92 Å². The molecule has 2 rings (SSSR count). The standard InChI is InChI=1S/C15H14O/c1-11-8-9-14(15(10-11)12(2)16)13-6-4-3-5-7-13/h3-10H,1-2H3. The Kier molecular flexibility index (Phi) is 2.86. The number of rotatable bonds is 2. The molecule has 0 aliphatic carbocycles. The molecule has 0 aliphatic rings. The van der Waals surface area contributed by atoms with Gasteiger partial charge in [-0.15, -0.1) is 0 Å². The number of benzene rings is 2. The number of aryl methyl sites for hydroxylation is 1. The van der Waals surface area contributed by atoms with Crippen LogP contribution in [0.1, 0.15) is 22.8 Å². The first kappa shape index (κ1) is 10.6. The van der Waals surface area contributed by atoms with E-state index in [1.54, 1.807) is 6.92 Å². The molecular formula is C15H14O. The molecule has 0 bridgehead atoms. The van der Waals surface area contributed by atoms with Gasteiger partial charge in [0.2, 0.25) is 0 Å². The fourth-order valence-corrected chi connectivity index (χ4v) is 1.82. The summed E-state index contributed by atoms with van der Waals surface area (Å²) in [4.78, 5) is 11.6. The van der Waals surface area contributed by atoms with Crippen LogP contribution in [0.3, 0.4) is 0 Å². The lowest BCUT2D eigenvalue weighted by Gasteiger charge is -2.08. The third-order valence-corrected chi connectivity index (χ3v) is 2.64. The first-order chi connectivity index (χ1) is 7.68. The molecular weight excluding hydrogens is 196 g/mol. The van der Waals surface area contributed by atoms with Gasteiger partial charge >= 0.3 is 0 Å². The summed E-state index contributed by atoms with van der Waals surface area (Å²) in [5.41, 5.74) is 4.02. The van der Waals surface area contributed by atoms with Crippen molar-refractivity contribution in [3.05, 3.63) is 59.7 Å². The smallest absolute Gasteiger partial charge is 0.160 e. The first-order valence-corrected chi connectivity index (χ1v) is 5.35. The van der Waals surface area contributed by atoms with E-state index < -0.39 is 0 Å². The highest BCUT2D eigenvalue weighted by molar-refractivity contribution is 6.01. The molecule has 0 aliphatic heterocycles. The van der Waals surface area contributed by atoms with Crippen molar-refractivity contribution in [2.24, 2.45) is 0 Å². The van der Waals surface area contributed by atoms with E-state index in [4.69, 9.17) is 0 Å². The summed E-state index contributed by atoms with van der Waals surface area (Å²) in [5, 5.41) is 0. The molecule has 0 amide bonds. The molecule has 80 valence electrons. The van der Waals surface area contributed by atoms with Crippen molar-refractivity contribution in [1.82, 2.24) is 0 Å². The average Bonchev–Trinajstić information content (AvgIpc) is 2.30. The predicted octanol–water partition coefficient (Wildman–Crippen LogP) is 3.86. The number of hydrogen-bond acceptors (Lipinski definition) is 1. The minimum absolute atomic E-state index is 0.113. The molecule has 0 saturated carbocycles. The Labute approximate surface area is 95.7 Å². The monoisotopic (exact) mass is 210 g/mol. The van der Waals surface area contributed by atoms with Crippen molar-refractivity contribution in [2.45, 2.75) is 13.8 Å². The third kappa shape index (κ3) is 2.03. The number of hydrogen-bond donors (Lipinski definition) is 0. The molecule has 2 aromatic carbocycles. The van der Waals surface area contributed by atoms with Gasteiger partial charge in [0.25, 0.3) is 0 Å². The zero-order valence-corrected chi connectivity index (χ0v) is 9.53. The van der Waals surface area contributed by atoms with Crippen LogP contribution in [0.25, 0.3) is 11.1 Å². The molecule has 2 aromatic rings. The highest BCUT2D eigenvalue weighted by Crippen LogP contribution is 2.24. The Morgan fingerprint density at radius 3 is 2.31 bits per heavy atom. The van der Waals surface area contributed by atoms with E-state index in [-0.39, 0.29) is 5.78 Å². The molecule has 0 heterocycles. The van der Waals surface area contributed by atoms with Crippen molar-refractivity contribution < 1.29 is 4.79 Å². The number of carbonyl (C=O) groups excluding carboxylic acids is 1. The topological polar surface area (TPSA) is 17.1 Å². The van der Waals surface area contributed by atoms with Crippen LogP contribution in [-0.2, 0) is 0 Å². The van der Waals surface area contributed by atoms with E-state index in [1.165, 1.54) is 0 Å². The fraction of sp³-hybridized carbons (Fsp3) is 0.133. The summed E-state index contributed by atoms with van der Waals surface area (Å²) in [5.74, 6) is 0.113. The highest BCUT2D eigenvalue weighted by Gasteiger charge is 2.08. The van der Waals surface area contributed by atoms with Crippen molar-refractivity contribution in [3.8, 4) is 11.1 Å². The van der Waals surface area contributed by atoms with Gasteiger partial charge in [-0.1, -0.05) is 48.0 Å². The van der Waals surface area contributed by atoms with E-state index in [1.807, 2.05) is 55.5 Å². The van der Waals surface area contributed by atoms with Gasteiger partial charge < -0.3 is 0 Å². The Morgan fingerprint density at radius 2 is 1.69 bits per heavy atom. The fourth-order valence-electron chi connectivity index (χ4n) is 1.82. The summed E-state index contributed by atoms with van der Waals surface area (Å²) < 4.78 is 0. The van der Waals surface area contributed by atoms with Crippen molar-refractivity contribution in [2.75, 3.05) is 0 Å². The van der Waals surface area contributed by atoms with Crippen molar-refractivity contribution >= 4 is 5.78 Å². The van der Waals surface area contributed by atoms with Gasteiger partial charge in [-0.25, -0.2) is 0 Å². The predicted molar refractivity (Wildman–Crippen MR) is 66.6 cm³/mol. The van der Waals surface area contributed by atoms with Gasteiger partial charge in [-0.3, -0.25) is 4.79 Å². The molecule has 0 aromatic heterocycles. The zero-order chi connectivity index (χ0) is 11.5. The largest absolute Gasteiger partial charge is 0.294 e. The van der Waals surface area contributed by atoms with E-state index in [9.17, 15) is 4.79 Å². The maximum atomic E-state index is 11.6. The van der Waals surface area contributed by atoms with Crippen LogP contribution in [0.5, 0.6) is 0 Å². The van der Waals surface area contributed by atoms with Crippen LogP contribution in [0.2, 0.25) is 0 Å². The van der Waals surface area contributed by atoms with Gasteiger partial charge in [0, 0.05) is 5.56 Å². The second kappa shape index (κ2) is 4.31. The lowest BCUT2D eigenvalue weighted by Crippen LogP contribution is -1.96. The SMILES string of the molecule is CC(=O)c1cc(C)ccc1-c1ccccc1. The van der Waals surface area contributed by atoms with Gasteiger partial charge in [-0.2, -0.15) is 0 Å². The van der Waals surface area contributed by atoms with Crippen LogP contribution in [0.4, 0.5) is 0 Å². The molecule has 0 saturated heterocycles. The number of Topliss-reactive ketones (excluding diaryl/α,β-unsaturated/α-hetero) is 1. The number of ketones is 1. The molecule has 0 fully saturated rings. The second-order valence-electron chi connectivity index (χ2n) is 3.97. The lowest BCUT2D eigenvalue weighted by molar-refractivity contribution is 0.101. The van der Waals surface area contributed by atoms with E-state index >= 15 is 0 Å². The Morgan fingerprint density at radius 1 is 1.00 bits per heavy atom. The van der Waals surface area contributed by atoms with Crippen LogP contribution in [0.15, 0.2) is 48.5 Å².